The Morgan fingerprint density at radius 3 is 2.65 bits per heavy atom. The standard InChI is InChI=1S/C15H20N2O3/c1-9-6-7-12(11(8-9)14(19)16-2)17-15(20)10-4-3-5-13(10)18/h6-8,10,13,18H,3-5H2,1-2H3,(H,16,19)(H,17,20). The topological polar surface area (TPSA) is 78.4 Å². The van der Waals surface area contributed by atoms with E-state index in [1.807, 2.05) is 13.0 Å². The summed E-state index contributed by atoms with van der Waals surface area (Å²) in [7, 11) is 1.55. The minimum absolute atomic E-state index is 0.219. The van der Waals surface area contributed by atoms with Gasteiger partial charge in [0.2, 0.25) is 5.91 Å². The SMILES string of the molecule is CNC(=O)c1cc(C)ccc1NC(=O)C1CCCC1O. The number of anilines is 1. The van der Waals surface area contributed by atoms with Crippen LogP contribution in [0.2, 0.25) is 0 Å². The van der Waals surface area contributed by atoms with E-state index in [1.54, 1.807) is 19.2 Å². The largest absolute Gasteiger partial charge is 0.392 e. The zero-order valence-corrected chi connectivity index (χ0v) is 11.8. The van der Waals surface area contributed by atoms with Gasteiger partial charge in [0.1, 0.15) is 0 Å². The number of nitrogens with one attached hydrogen (secondary N) is 2. The van der Waals surface area contributed by atoms with Crippen molar-refractivity contribution in [3.63, 3.8) is 0 Å². The summed E-state index contributed by atoms with van der Waals surface area (Å²) in [5.41, 5.74) is 1.87. The van der Waals surface area contributed by atoms with Gasteiger partial charge in [0.05, 0.1) is 23.3 Å². The number of rotatable bonds is 3. The summed E-state index contributed by atoms with van der Waals surface area (Å²) in [4.78, 5) is 24.0. The smallest absolute Gasteiger partial charge is 0.253 e. The van der Waals surface area contributed by atoms with Gasteiger partial charge in [-0.05, 0) is 38.3 Å². The van der Waals surface area contributed by atoms with Crippen LogP contribution in [-0.2, 0) is 4.79 Å². The van der Waals surface area contributed by atoms with Gasteiger partial charge in [0.15, 0.2) is 0 Å². The molecule has 1 aliphatic rings. The number of hydrogen-bond acceptors (Lipinski definition) is 3. The second-order valence-electron chi connectivity index (χ2n) is 5.22. The van der Waals surface area contributed by atoms with Crippen molar-refractivity contribution < 1.29 is 14.7 Å². The van der Waals surface area contributed by atoms with E-state index >= 15 is 0 Å². The van der Waals surface area contributed by atoms with E-state index in [-0.39, 0.29) is 17.7 Å². The molecule has 108 valence electrons. The van der Waals surface area contributed by atoms with Crippen LogP contribution in [0.1, 0.15) is 35.2 Å². The molecular weight excluding hydrogens is 256 g/mol. The molecular formula is C15H20N2O3. The number of carbonyl (C=O) groups is 2. The molecule has 2 amide bonds. The predicted molar refractivity (Wildman–Crippen MR) is 76.5 cm³/mol. The molecule has 0 spiro atoms. The fraction of sp³-hybridized carbons (Fsp3) is 0.467. The molecule has 2 unspecified atom stereocenters. The lowest BCUT2D eigenvalue weighted by atomic mass is 10.0. The number of hydrogen-bond donors (Lipinski definition) is 3. The molecule has 1 aromatic carbocycles. The third kappa shape index (κ3) is 2.99. The number of aliphatic hydroxyl groups is 1. The highest BCUT2D eigenvalue weighted by Gasteiger charge is 2.31. The van der Waals surface area contributed by atoms with Crippen molar-refractivity contribution in [2.24, 2.45) is 5.92 Å². The van der Waals surface area contributed by atoms with Gasteiger partial charge in [-0.25, -0.2) is 0 Å². The van der Waals surface area contributed by atoms with E-state index in [4.69, 9.17) is 0 Å². The number of benzene rings is 1. The molecule has 3 N–H and O–H groups in total. The molecule has 1 saturated carbocycles. The van der Waals surface area contributed by atoms with Crippen molar-refractivity contribution in [1.29, 1.82) is 0 Å². The fourth-order valence-electron chi connectivity index (χ4n) is 2.56. The lowest BCUT2D eigenvalue weighted by molar-refractivity contribution is -0.122. The first-order valence-corrected chi connectivity index (χ1v) is 6.84. The molecule has 0 heterocycles. The highest BCUT2D eigenvalue weighted by Crippen LogP contribution is 2.27. The van der Waals surface area contributed by atoms with E-state index < -0.39 is 6.10 Å². The molecule has 5 nitrogen and oxygen atoms in total. The van der Waals surface area contributed by atoms with Crippen molar-refractivity contribution in [2.45, 2.75) is 32.3 Å². The van der Waals surface area contributed by atoms with Gasteiger partial charge in [0.25, 0.3) is 5.91 Å². The van der Waals surface area contributed by atoms with Crippen LogP contribution in [0.15, 0.2) is 18.2 Å². The van der Waals surface area contributed by atoms with Crippen LogP contribution in [0.4, 0.5) is 5.69 Å². The lowest BCUT2D eigenvalue weighted by Crippen LogP contribution is -2.30. The zero-order chi connectivity index (χ0) is 14.7. The van der Waals surface area contributed by atoms with Crippen LogP contribution >= 0.6 is 0 Å². The molecule has 1 aliphatic carbocycles. The van der Waals surface area contributed by atoms with E-state index in [0.717, 1.165) is 12.0 Å². The van der Waals surface area contributed by atoms with E-state index in [1.165, 1.54) is 0 Å². The molecule has 2 atom stereocenters. The molecule has 0 radical (unpaired) electrons. The molecule has 20 heavy (non-hydrogen) atoms. The first kappa shape index (κ1) is 14.5. The highest BCUT2D eigenvalue weighted by molar-refractivity contribution is 6.04. The average molecular weight is 276 g/mol. The number of aryl methyl sites for hydroxylation is 1. The van der Waals surface area contributed by atoms with Crippen molar-refractivity contribution in [2.75, 3.05) is 12.4 Å². The summed E-state index contributed by atoms with van der Waals surface area (Å²) in [5, 5.41) is 15.1. The number of amides is 2. The summed E-state index contributed by atoms with van der Waals surface area (Å²) in [6.07, 6.45) is 1.63. The van der Waals surface area contributed by atoms with E-state index in [2.05, 4.69) is 10.6 Å². The molecule has 5 heteroatoms. The van der Waals surface area contributed by atoms with Gasteiger partial charge in [-0.3, -0.25) is 9.59 Å². The van der Waals surface area contributed by atoms with Crippen LogP contribution in [0.3, 0.4) is 0 Å². The van der Waals surface area contributed by atoms with Crippen molar-refractivity contribution >= 4 is 17.5 Å². The van der Waals surface area contributed by atoms with Gasteiger partial charge < -0.3 is 15.7 Å². The average Bonchev–Trinajstić information content (AvgIpc) is 2.86. The Morgan fingerprint density at radius 2 is 2.05 bits per heavy atom. The molecule has 0 bridgehead atoms. The summed E-state index contributed by atoms with van der Waals surface area (Å²) in [6, 6.07) is 5.30. The van der Waals surface area contributed by atoms with Crippen LogP contribution in [0.25, 0.3) is 0 Å². The Balaban J connectivity index is 2.20. The van der Waals surface area contributed by atoms with Gasteiger partial charge in [-0.1, -0.05) is 11.6 Å². The van der Waals surface area contributed by atoms with Crippen molar-refractivity contribution in [3.05, 3.63) is 29.3 Å². The Morgan fingerprint density at radius 1 is 1.30 bits per heavy atom. The molecule has 2 rings (SSSR count). The van der Waals surface area contributed by atoms with E-state index in [9.17, 15) is 14.7 Å². The summed E-state index contributed by atoms with van der Waals surface area (Å²) >= 11 is 0. The third-order valence-electron chi connectivity index (χ3n) is 3.72. The Bertz CT molecular complexity index is 528. The maximum Gasteiger partial charge on any atom is 0.253 e. The molecule has 1 fully saturated rings. The van der Waals surface area contributed by atoms with Crippen LogP contribution in [-0.4, -0.2) is 30.1 Å². The maximum absolute atomic E-state index is 12.2. The third-order valence-corrected chi connectivity index (χ3v) is 3.72. The molecule has 0 aliphatic heterocycles. The molecule has 0 aromatic heterocycles. The van der Waals surface area contributed by atoms with Crippen LogP contribution in [0.5, 0.6) is 0 Å². The second kappa shape index (κ2) is 6.05. The monoisotopic (exact) mass is 276 g/mol. The molecule has 0 saturated heterocycles. The summed E-state index contributed by atoms with van der Waals surface area (Å²) < 4.78 is 0. The Hall–Kier alpha value is -1.88. The van der Waals surface area contributed by atoms with Crippen LogP contribution < -0.4 is 10.6 Å². The predicted octanol–water partition coefficient (Wildman–Crippen LogP) is 1.45. The van der Waals surface area contributed by atoms with Gasteiger partial charge in [-0.15, -0.1) is 0 Å². The second-order valence-corrected chi connectivity index (χ2v) is 5.22. The first-order chi connectivity index (χ1) is 9.52. The summed E-state index contributed by atoms with van der Waals surface area (Å²) in [5.74, 6) is -0.839. The van der Waals surface area contributed by atoms with Gasteiger partial charge >= 0.3 is 0 Å². The molecule has 1 aromatic rings. The van der Waals surface area contributed by atoms with Gasteiger partial charge in [0, 0.05) is 7.05 Å². The van der Waals surface area contributed by atoms with Crippen LogP contribution in [0, 0.1) is 12.8 Å². The summed E-state index contributed by atoms with van der Waals surface area (Å²) in [6.45, 7) is 1.89. The highest BCUT2D eigenvalue weighted by atomic mass is 16.3. The van der Waals surface area contributed by atoms with E-state index in [0.29, 0.717) is 24.1 Å². The Labute approximate surface area is 118 Å². The number of carbonyl (C=O) groups excluding carboxylic acids is 2. The van der Waals surface area contributed by atoms with Crippen molar-refractivity contribution in [3.8, 4) is 0 Å². The maximum atomic E-state index is 12.2. The quantitative estimate of drug-likeness (QED) is 0.782. The van der Waals surface area contributed by atoms with Crippen molar-refractivity contribution in [1.82, 2.24) is 5.32 Å². The Kier molecular flexibility index (Phi) is 4.39. The number of aliphatic hydroxyl groups excluding tert-OH is 1. The normalized spacial score (nSPS) is 21.6. The first-order valence-electron chi connectivity index (χ1n) is 6.84. The fourth-order valence-corrected chi connectivity index (χ4v) is 2.56. The zero-order valence-electron chi connectivity index (χ0n) is 11.8. The van der Waals surface area contributed by atoms with Gasteiger partial charge in [-0.2, -0.15) is 0 Å². The minimum atomic E-state index is -0.580. The minimum Gasteiger partial charge on any atom is -0.392 e. The lowest BCUT2D eigenvalue weighted by Gasteiger charge is -2.16.